The summed E-state index contributed by atoms with van der Waals surface area (Å²) < 4.78 is 0. The van der Waals surface area contributed by atoms with E-state index < -0.39 is 12.0 Å². The first-order valence-corrected chi connectivity index (χ1v) is 11.1. The Labute approximate surface area is 168 Å². The van der Waals surface area contributed by atoms with Crippen LogP contribution in [0.15, 0.2) is 17.5 Å². The summed E-state index contributed by atoms with van der Waals surface area (Å²) in [6.45, 7) is 0.0378. The molecule has 2 saturated heterocycles. The molecular formula is C20H25N3O4S. The molecule has 2 aliphatic heterocycles. The number of hydrogen-bond acceptors (Lipinski definition) is 6. The van der Waals surface area contributed by atoms with E-state index in [1.807, 2.05) is 17.5 Å². The number of carbonyl (C=O) groups excluding carboxylic acids is 3. The lowest BCUT2D eigenvalue weighted by atomic mass is 9.93. The Hall–Kier alpha value is -1.77. The topological polar surface area (TPSA) is 79.0 Å². The van der Waals surface area contributed by atoms with Crippen molar-refractivity contribution >= 4 is 29.1 Å². The van der Waals surface area contributed by atoms with Gasteiger partial charge in [0, 0.05) is 17.0 Å². The minimum atomic E-state index is -0.810. The van der Waals surface area contributed by atoms with Crippen LogP contribution in [0.4, 0.5) is 0 Å². The molecule has 3 amide bonds. The molecule has 3 heterocycles. The highest BCUT2D eigenvalue weighted by Gasteiger charge is 2.61. The minimum absolute atomic E-state index is 0.00134. The van der Waals surface area contributed by atoms with Crippen LogP contribution in [0.2, 0.25) is 0 Å². The number of rotatable bonds is 5. The van der Waals surface area contributed by atoms with Gasteiger partial charge in [-0.05, 0) is 37.1 Å². The van der Waals surface area contributed by atoms with Crippen molar-refractivity contribution in [1.82, 2.24) is 15.3 Å². The number of amides is 3. The van der Waals surface area contributed by atoms with Crippen LogP contribution in [-0.2, 0) is 19.2 Å². The molecule has 8 heteroatoms. The zero-order chi connectivity index (χ0) is 19.3. The molecule has 0 bridgehead atoms. The van der Waals surface area contributed by atoms with Gasteiger partial charge in [0.25, 0.3) is 5.91 Å². The lowest BCUT2D eigenvalue weighted by Gasteiger charge is -2.32. The van der Waals surface area contributed by atoms with Crippen molar-refractivity contribution in [3.63, 3.8) is 0 Å². The number of thiophene rings is 1. The summed E-state index contributed by atoms with van der Waals surface area (Å²) in [7, 11) is 0. The van der Waals surface area contributed by atoms with Crippen LogP contribution in [-0.4, -0.2) is 52.4 Å². The molecule has 0 aromatic carbocycles. The summed E-state index contributed by atoms with van der Waals surface area (Å²) in [5, 5.41) is 6.47. The molecule has 0 spiro atoms. The third-order valence-corrected chi connectivity index (χ3v) is 7.19. The lowest BCUT2D eigenvalue weighted by molar-refractivity contribution is -0.183. The predicted octanol–water partition coefficient (Wildman–Crippen LogP) is 2.00. The first kappa shape index (κ1) is 18.3. The van der Waals surface area contributed by atoms with Crippen LogP contribution < -0.4 is 5.32 Å². The summed E-state index contributed by atoms with van der Waals surface area (Å²) in [6.07, 6.45) is 6.26. The number of carbonyl (C=O) groups is 3. The maximum Gasteiger partial charge on any atom is 0.261 e. The van der Waals surface area contributed by atoms with Gasteiger partial charge < -0.3 is 5.32 Å². The van der Waals surface area contributed by atoms with Crippen LogP contribution in [0, 0.1) is 5.92 Å². The molecule has 0 radical (unpaired) electrons. The third kappa shape index (κ3) is 3.17. The highest BCUT2D eigenvalue weighted by molar-refractivity contribution is 7.10. The van der Waals surface area contributed by atoms with Crippen molar-refractivity contribution in [2.24, 2.45) is 5.92 Å². The Morgan fingerprint density at radius 2 is 1.93 bits per heavy atom. The zero-order valence-electron chi connectivity index (χ0n) is 15.7. The van der Waals surface area contributed by atoms with Crippen LogP contribution in [0.1, 0.15) is 55.9 Å². The second-order valence-corrected chi connectivity index (χ2v) is 9.25. The molecular weight excluding hydrogens is 378 g/mol. The van der Waals surface area contributed by atoms with E-state index in [1.54, 1.807) is 5.06 Å². The van der Waals surface area contributed by atoms with Gasteiger partial charge in [-0.1, -0.05) is 25.3 Å². The van der Waals surface area contributed by atoms with Gasteiger partial charge in [-0.15, -0.1) is 11.3 Å². The molecule has 1 N–H and O–H groups in total. The number of nitrogens with one attached hydrogen (secondary N) is 1. The van der Waals surface area contributed by atoms with Crippen molar-refractivity contribution in [2.45, 2.75) is 69.2 Å². The highest BCUT2D eigenvalue weighted by Crippen LogP contribution is 2.47. The third-order valence-electron chi connectivity index (χ3n) is 6.25. The molecule has 4 aliphatic rings. The van der Waals surface area contributed by atoms with Gasteiger partial charge in [0.2, 0.25) is 11.8 Å². The Morgan fingerprint density at radius 1 is 1.14 bits per heavy atom. The minimum Gasteiger partial charge on any atom is -0.352 e. The van der Waals surface area contributed by atoms with Gasteiger partial charge >= 0.3 is 0 Å². The first-order valence-electron chi connectivity index (χ1n) is 10.3. The van der Waals surface area contributed by atoms with Crippen molar-refractivity contribution < 1.29 is 19.2 Å². The van der Waals surface area contributed by atoms with E-state index in [-0.39, 0.29) is 42.4 Å². The molecule has 4 fully saturated rings. The van der Waals surface area contributed by atoms with Crippen molar-refractivity contribution in [3.8, 4) is 0 Å². The van der Waals surface area contributed by atoms with E-state index >= 15 is 0 Å². The van der Waals surface area contributed by atoms with Crippen LogP contribution in [0.3, 0.4) is 0 Å². The van der Waals surface area contributed by atoms with Gasteiger partial charge in [0.1, 0.15) is 6.54 Å². The maximum absolute atomic E-state index is 13.3. The monoisotopic (exact) mass is 403 g/mol. The van der Waals surface area contributed by atoms with Crippen LogP contribution in [0.25, 0.3) is 0 Å². The van der Waals surface area contributed by atoms with Gasteiger partial charge in [0.05, 0.1) is 12.0 Å². The molecule has 2 aliphatic carbocycles. The molecule has 150 valence electrons. The number of nitrogens with zero attached hydrogens (tertiary/aromatic N) is 2. The average Bonchev–Trinajstić information content (AvgIpc) is 3.12. The summed E-state index contributed by atoms with van der Waals surface area (Å²) in [5.74, 6) is -1.05. The Bertz CT molecular complexity index is 772. The molecule has 3 unspecified atom stereocenters. The van der Waals surface area contributed by atoms with Gasteiger partial charge in [0.15, 0.2) is 6.10 Å². The van der Waals surface area contributed by atoms with Crippen molar-refractivity contribution in [1.29, 1.82) is 0 Å². The largest absolute Gasteiger partial charge is 0.352 e. The van der Waals surface area contributed by atoms with Crippen molar-refractivity contribution in [2.75, 3.05) is 6.54 Å². The van der Waals surface area contributed by atoms with E-state index in [1.165, 1.54) is 16.2 Å². The van der Waals surface area contributed by atoms with Crippen LogP contribution >= 0.6 is 11.3 Å². The summed E-state index contributed by atoms with van der Waals surface area (Å²) in [6, 6.07) is 3.75. The summed E-state index contributed by atoms with van der Waals surface area (Å²) in [5.41, 5.74) is 0. The quantitative estimate of drug-likeness (QED) is 0.761. The molecule has 2 saturated carbocycles. The molecule has 5 rings (SSSR count). The number of hydrogen-bond donors (Lipinski definition) is 1. The van der Waals surface area contributed by atoms with E-state index in [4.69, 9.17) is 4.84 Å². The number of fused-ring (bicyclic) bond motifs is 1. The van der Waals surface area contributed by atoms with E-state index in [2.05, 4.69) is 5.32 Å². The van der Waals surface area contributed by atoms with Gasteiger partial charge in [-0.3, -0.25) is 24.1 Å². The van der Waals surface area contributed by atoms with Crippen LogP contribution in [0.5, 0.6) is 0 Å². The molecule has 7 nitrogen and oxygen atoms in total. The summed E-state index contributed by atoms with van der Waals surface area (Å²) >= 11 is 1.53. The predicted molar refractivity (Wildman–Crippen MR) is 102 cm³/mol. The number of likely N-dealkylation sites (tertiary alicyclic amines) is 1. The standard InChI is InChI=1S/C20H25N3O4S/c24-15(21-12-8-9-12)11-22-17(14-7-4-10-28-14)16-18(27-22)20(26)23(19(16)25)13-5-2-1-3-6-13/h4,7,10,12-13,16-18H,1-3,5-6,8-9,11H2,(H,21,24). The first-order chi connectivity index (χ1) is 13.6. The highest BCUT2D eigenvalue weighted by atomic mass is 32.1. The Balaban J connectivity index is 1.39. The fourth-order valence-corrected chi connectivity index (χ4v) is 5.62. The van der Waals surface area contributed by atoms with Crippen molar-refractivity contribution in [3.05, 3.63) is 22.4 Å². The van der Waals surface area contributed by atoms with E-state index in [0.29, 0.717) is 0 Å². The van der Waals surface area contributed by atoms with Gasteiger partial charge in [-0.25, -0.2) is 0 Å². The number of hydroxylamine groups is 2. The maximum atomic E-state index is 13.3. The average molecular weight is 404 g/mol. The SMILES string of the molecule is O=C(CN1OC2C(=O)N(C3CCCCC3)C(=O)C2C1c1cccs1)NC1CC1. The Kier molecular flexibility index (Phi) is 4.72. The van der Waals surface area contributed by atoms with E-state index in [9.17, 15) is 14.4 Å². The second kappa shape index (κ2) is 7.24. The zero-order valence-corrected chi connectivity index (χ0v) is 16.5. The normalized spacial score (nSPS) is 31.4. The lowest BCUT2D eigenvalue weighted by Crippen LogP contribution is -2.45. The summed E-state index contributed by atoms with van der Waals surface area (Å²) in [4.78, 5) is 47.2. The fraction of sp³-hybridized carbons (Fsp3) is 0.650. The fourth-order valence-electron chi connectivity index (χ4n) is 4.75. The van der Waals surface area contributed by atoms with Gasteiger partial charge in [-0.2, -0.15) is 5.06 Å². The molecule has 3 atom stereocenters. The van der Waals surface area contributed by atoms with E-state index in [0.717, 1.165) is 49.8 Å². The Morgan fingerprint density at radius 3 is 2.61 bits per heavy atom. The second-order valence-electron chi connectivity index (χ2n) is 8.27. The molecule has 28 heavy (non-hydrogen) atoms. The smallest absolute Gasteiger partial charge is 0.261 e. The molecule has 1 aromatic rings. The molecule has 1 aromatic heterocycles. The number of imide groups is 1.